The summed E-state index contributed by atoms with van der Waals surface area (Å²) in [5.74, 6) is 0.00986. The second-order valence-corrected chi connectivity index (χ2v) is 8.66. The van der Waals surface area contributed by atoms with Crippen LogP contribution in [0.15, 0.2) is 78.9 Å². The minimum Gasteiger partial charge on any atom is -0.300 e. The zero-order valence-corrected chi connectivity index (χ0v) is 19.0. The fourth-order valence-corrected chi connectivity index (χ4v) is 4.44. The first kappa shape index (κ1) is 23.1. The number of hydrogen-bond acceptors (Lipinski definition) is 5. The van der Waals surface area contributed by atoms with Gasteiger partial charge in [0.2, 0.25) is 0 Å². The SMILES string of the molecule is O=C(CCN1CCN(C(c2ccccc2)c2ccc(Cl)cc2)CC1)c1ccc([N+](=O)[O-])cc1. The standard InChI is InChI=1S/C26H26ClN3O3/c27-23-10-6-22(7-11-23)26(21-4-2-1-3-5-21)29-18-16-28(17-19-29)15-14-25(31)20-8-12-24(13-9-20)30(32)33/h1-13,26H,14-19H2. The molecule has 1 aliphatic heterocycles. The molecule has 170 valence electrons. The maximum absolute atomic E-state index is 12.5. The molecule has 0 aliphatic carbocycles. The molecule has 0 N–H and O–H groups in total. The average Bonchev–Trinajstić information content (AvgIpc) is 2.85. The highest BCUT2D eigenvalue weighted by Crippen LogP contribution is 2.30. The molecule has 1 saturated heterocycles. The normalized spacial score (nSPS) is 15.8. The number of carbonyl (C=O) groups is 1. The van der Waals surface area contributed by atoms with Crippen molar-refractivity contribution in [3.63, 3.8) is 0 Å². The summed E-state index contributed by atoms with van der Waals surface area (Å²) < 4.78 is 0. The summed E-state index contributed by atoms with van der Waals surface area (Å²) in [6, 6.07) is 24.5. The molecule has 0 spiro atoms. The van der Waals surface area contributed by atoms with Crippen molar-refractivity contribution in [2.75, 3.05) is 32.7 Å². The van der Waals surface area contributed by atoms with E-state index in [1.807, 2.05) is 18.2 Å². The predicted molar refractivity (Wildman–Crippen MR) is 130 cm³/mol. The molecule has 6 nitrogen and oxygen atoms in total. The number of Topliss-reactive ketones (excluding diaryl/α,β-unsaturated/α-hetero) is 1. The van der Waals surface area contributed by atoms with Crippen LogP contribution in [0.1, 0.15) is 33.9 Å². The minimum absolute atomic E-state index is 0.00340. The fourth-order valence-electron chi connectivity index (χ4n) is 4.31. The maximum Gasteiger partial charge on any atom is 0.269 e. The van der Waals surface area contributed by atoms with Crippen LogP contribution in [-0.4, -0.2) is 53.2 Å². The van der Waals surface area contributed by atoms with Gasteiger partial charge in [-0.2, -0.15) is 0 Å². The smallest absolute Gasteiger partial charge is 0.269 e. The lowest BCUT2D eigenvalue weighted by molar-refractivity contribution is -0.384. The number of piperazine rings is 1. The van der Waals surface area contributed by atoms with Crippen molar-refractivity contribution in [1.29, 1.82) is 0 Å². The number of nitro benzene ring substituents is 1. The van der Waals surface area contributed by atoms with Gasteiger partial charge < -0.3 is 4.90 Å². The monoisotopic (exact) mass is 463 g/mol. The molecule has 1 fully saturated rings. The number of nitrogens with zero attached hydrogens (tertiary/aromatic N) is 3. The number of non-ortho nitro benzene ring substituents is 1. The number of hydrogen-bond donors (Lipinski definition) is 0. The lowest BCUT2D eigenvalue weighted by Crippen LogP contribution is -2.48. The lowest BCUT2D eigenvalue weighted by atomic mass is 9.96. The summed E-state index contributed by atoms with van der Waals surface area (Å²) in [7, 11) is 0. The molecular weight excluding hydrogens is 438 g/mol. The average molecular weight is 464 g/mol. The van der Waals surface area contributed by atoms with E-state index in [-0.39, 0.29) is 17.5 Å². The Morgan fingerprint density at radius 2 is 1.48 bits per heavy atom. The predicted octanol–water partition coefficient (Wildman–Crippen LogP) is 5.23. The third-order valence-electron chi connectivity index (χ3n) is 6.13. The number of benzene rings is 3. The van der Waals surface area contributed by atoms with Gasteiger partial charge in [0.1, 0.15) is 0 Å². The van der Waals surface area contributed by atoms with E-state index in [1.54, 1.807) is 0 Å². The second-order valence-electron chi connectivity index (χ2n) is 8.22. The van der Waals surface area contributed by atoms with Gasteiger partial charge in [0.25, 0.3) is 5.69 Å². The summed E-state index contributed by atoms with van der Waals surface area (Å²) in [6.45, 7) is 4.23. The lowest BCUT2D eigenvalue weighted by Gasteiger charge is -2.39. The Morgan fingerprint density at radius 1 is 0.879 bits per heavy atom. The molecule has 0 amide bonds. The van der Waals surface area contributed by atoms with E-state index >= 15 is 0 Å². The van der Waals surface area contributed by atoms with Gasteiger partial charge in [-0.1, -0.05) is 54.1 Å². The van der Waals surface area contributed by atoms with Gasteiger partial charge in [-0.05, 0) is 35.4 Å². The molecule has 0 bridgehead atoms. The maximum atomic E-state index is 12.5. The number of nitro groups is 1. The van der Waals surface area contributed by atoms with Crippen LogP contribution < -0.4 is 0 Å². The van der Waals surface area contributed by atoms with E-state index in [4.69, 9.17) is 11.6 Å². The molecule has 7 heteroatoms. The zero-order chi connectivity index (χ0) is 23.2. The minimum atomic E-state index is -0.458. The first-order valence-corrected chi connectivity index (χ1v) is 11.4. The summed E-state index contributed by atoms with van der Waals surface area (Å²) in [5, 5.41) is 11.5. The Kier molecular flexibility index (Phi) is 7.50. The van der Waals surface area contributed by atoms with Crippen molar-refractivity contribution in [2.24, 2.45) is 0 Å². The molecule has 1 heterocycles. The molecule has 0 saturated carbocycles. The summed E-state index contributed by atoms with van der Waals surface area (Å²) >= 11 is 6.12. The molecule has 0 aromatic heterocycles. The highest BCUT2D eigenvalue weighted by molar-refractivity contribution is 6.30. The summed E-state index contributed by atoms with van der Waals surface area (Å²) in [5.41, 5.74) is 2.98. The van der Waals surface area contributed by atoms with Crippen LogP contribution in [0.2, 0.25) is 5.02 Å². The highest BCUT2D eigenvalue weighted by Gasteiger charge is 2.26. The second kappa shape index (κ2) is 10.7. The third-order valence-corrected chi connectivity index (χ3v) is 6.38. The van der Waals surface area contributed by atoms with E-state index in [0.717, 1.165) is 31.2 Å². The van der Waals surface area contributed by atoms with Crippen molar-refractivity contribution in [3.05, 3.63) is 111 Å². The van der Waals surface area contributed by atoms with Gasteiger partial charge in [-0.3, -0.25) is 19.8 Å². The molecule has 0 radical (unpaired) electrons. The Labute approximate surface area is 198 Å². The zero-order valence-electron chi connectivity index (χ0n) is 18.3. The van der Waals surface area contributed by atoms with Crippen molar-refractivity contribution in [3.8, 4) is 0 Å². The molecular formula is C26H26ClN3O3. The first-order valence-electron chi connectivity index (χ1n) is 11.1. The van der Waals surface area contributed by atoms with Gasteiger partial charge >= 0.3 is 0 Å². The van der Waals surface area contributed by atoms with E-state index in [1.165, 1.54) is 35.4 Å². The topological polar surface area (TPSA) is 66.7 Å². The van der Waals surface area contributed by atoms with Gasteiger partial charge in [0.05, 0.1) is 11.0 Å². The van der Waals surface area contributed by atoms with E-state index in [9.17, 15) is 14.9 Å². The van der Waals surface area contributed by atoms with E-state index in [2.05, 4.69) is 46.2 Å². The van der Waals surface area contributed by atoms with Crippen LogP contribution in [0.3, 0.4) is 0 Å². The Morgan fingerprint density at radius 3 is 2.09 bits per heavy atom. The van der Waals surface area contributed by atoms with Crippen LogP contribution in [0.25, 0.3) is 0 Å². The highest BCUT2D eigenvalue weighted by atomic mass is 35.5. The van der Waals surface area contributed by atoms with Crippen LogP contribution in [0, 0.1) is 10.1 Å². The molecule has 3 aromatic carbocycles. The van der Waals surface area contributed by atoms with Gasteiger partial charge in [0.15, 0.2) is 5.78 Å². The van der Waals surface area contributed by atoms with Gasteiger partial charge in [0, 0.05) is 61.9 Å². The number of rotatable bonds is 8. The fraction of sp³-hybridized carbons (Fsp3) is 0.269. The molecule has 33 heavy (non-hydrogen) atoms. The number of halogens is 1. The summed E-state index contributed by atoms with van der Waals surface area (Å²) in [4.78, 5) is 27.6. The molecule has 1 unspecified atom stereocenters. The Hall–Kier alpha value is -3.06. The van der Waals surface area contributed by atoms with Crippen LogP contribution in [-0.2, 0) is 0 Å². The van der Waals surface area contributed by atoms with Crippen molar-refractivity contribution in [1.82, 2.24) is 9.80 Å². The Balaban J connectivity index is 1.36. The van der Waals surface area contributed by atoms with Crippen molar-refractivity contribution < 1.29 is 9.72 Å². The van der Waals surface area contributed by atoms with Gasteiger partial charge in [-0.15, -0.1) is 0 Å². The molecule has 3 aromatic rings. The quantitative estimate of drug-likeness (QED) is 0.260. The molecule has 1 aliphatic rings. The molecule has 4 rings (SSSR count). The van der Waals surface area contributed by atoms with Crippen LogP contribution >= 0.6 is 11.6 Å². The molecule has 1 atom stereocenters. The number of carbonyl (C=O) groups excluding carboxylic acids is 1. The van der Waals surface area contributed by atoms with E-state index < -0.39 is 4.92 Å². The van der Waals surface area contributed by atoms with Crippen LogP contribution in [0.5, 0.6) is 0 Å². The van der Waals surface area contributed by atoms with Gasteiger partial charge in [-0.25, -0.2) is 0 Å². The summed E-state index contributed by atoms with van der Waals surface area (Å²) in [6.07, 6.45) is 0.400. The van der Waals surface area contributed by atoms with E-state index in [0.29, 0.717) is 18.5 Å². The Bertz CT molecular complexity index is 1080. The van der Waals surface area contributed by atoms with Crippen LogP contribution in [0.4, 0.5) is 5.69 Å². The van der Waals surface area contributed by atoms with Crippen molar-refractivity contribution in [2.45, 2.75) is 12.5 Å². The first-order chi connectivity index (χ1) is 16.0. The number of ketones is 1. The largest absolute Gasteiger partial charge is 0.300 e. The third kappa shape index (κ3) is 5.85. The van der Waals surface area contributed by atoms with Crippen molar-refractivity contribution >= 4 is 23.1 Å².